The van der Waals surface area contributed by atoms with Crippen LogP contribution in [0.15, 0.2) is 23.1 Å². The summed E-state index contributed by atoms with van der Waals surface area (Å²) in [7, 11) is -1.43. The normalized spacial score (nSPS) is 22.3. The minimum atomic E-state index is -3.27. The molecular formula is C12H17NO3S. The molecule has 0 aromatic heterocycles. The van der Waals surface area contributed by atoms with Crippen LogP contribution in [-0.2, 0) is 16.3 Å². The van der Waals surface area contributed by atoms with Gasteiger partial charge in [0.2, 0.25) is 0 Å². The van der Waals surface area contributed by atoms with Gasteiger partial charge in [0.25, 0.3) is 0 Å². The molecule has 0 saturated heterocycles. The van der Waals surface area contributed by atoms with Crippen LogP contribution in [0.1, 0.15) is 12.5 Å². The molecule has 1 atom stereocenters. The van der Waals surface area contributed by atoms with Gasteiger partial charge in [0.15, 0.2) is 9.84 Å². The van der Waals surface area contributed by atoms with Crippen LogP contribution < -0.4 is 4.90 Å². The number of anilines is 1. The SMILES string of the molecule is CCc1cccc2c1N(C)C(CO)CS2(=O)=O. The lowest BCUT2D eigenvalue weighted by molar-refractivity contribution is 0.269. The largest absolute Gasteiger partial charge is 0.394 e. The summed E-state index contributed by atoms with van der Waals surface area (Å²) in [4.78, 5) is 2.28. The van der Waals surface area contributed by atoms with Gasteiger partial charge in [0.05, 0.1) is 29.0 Å². The van der Waals surface area contributed by atoms with Gasteiger partial charge in [-0.15, -0.1) is 0 Å². The molecule has 1 aliphatic rings. The Bertz CT molecular complexity index is 525. The smallest absolute Gasteiger partial charge is 0.182 e. The van der Waals surface area contributed by atoms with E-state index in [0.29, 0.717) is 4.90 Å². The van der Waals surface area contributed by atoms with E-state index in [1.165, 1.54) is 0 Å². The molecule has 0 aliphatic carbocycles. The van der Waals surface area contributed by atoms with E-state index in [4.69, 9.17) is 0 Å². The molecule has 2 rings (SSSR count). The number of nitrogens with zero attached hydrogens (tertiary/aromatic N) is 1. The van der Waals surface area contributed by atoms with Gasteiger partial charge < -0.3 is 10.0 Å². The first-order valence-electron chi connectivity index (χ1n) is 5.69. The van der Waals surface area contributed by atoms with Gasteiger partial charge in [-0.1, -0.05) is 19.1 Å². The molecule has 5 heteroatoms. The topological polar surface area (TPSA) is 57.6 Å². The fourth-order valence-electron chi connectivity index (χ4n) is 2.32. The first-order valence-corrected chi connectivity index (χ1v) is 7.34. The van der Waals surface area contributed by atoms with E-state index in [1.54, 1.807) is 12.1 Å². The minimum absolute atomic E-state index is 0.0137. The van der Waals surface area contributed by atoms with Crippen molar-refractivity contribution in [2.45, 2.75) is 24.3 Å². The van der Waals surface area contributed by atoms with E-state index in [9.17, 15) is 13.5 Å². The number of benzene rings is 1. The number of hydrogen-bond donors (Lipinski definition) is 1. The standard InChI is InChI=1S/C12H17NO3S/c1-3-9-5-4-6-11-12(9)13(2)10(7-14)8-17(11,15)16/h4-6,10,14H,3,7-8H2,1-2H3. The number of sulfone groups is 1. The van der Waals surface area contributed by atoms with Crippen LogP contribution in [0, 0.1) is 0 Å². The molecule has 0 fully saturated rings. The monoisotopic (exact) mass is 255 g/mol. The molecule has 17 heavy (non-hydrogen) atoms. The highest BCUT2D eigenvalue weighted by atomic mass is 32.2. The molecule has 1 aromatic rings. The maximum absolute atomic E-state index is 12.1. The van der Waals surface area contributed by atoms with E-state index in [0.717, 1.165) is 17.7 Å². The number of aliphatic hydroxyl groups excluding tert-OH is 1. The van der Waals surface area contributed by atoms with Crippen LogP contribution >= 0.6 is 0 Å². The lowest BCUT2D eigenvalue weighted by atomic mass is 10.1. The summed E-state index contributed by atoms with van der Waals surface area (Å²) >= 11 is 0. The highest BCUT2D eigenvalue weighted by molar-refractivity contribution is 7.91. The number of rotatable bonds is 2. The van der Waals surface area contributed by atoms with Gasteiger partial charge in [0, 0.05) is 7.05 Å². The molecule has 0 radical (unpaired) electrons. The van der Waals surface area contributed by atoms with Gasteiger partial charge in [-0.2, -0.15) is 0 Å². The highest BCUT2D eigenvalue weighted by Crippen LogP contribution is 2.35. The lowest BCUT2D eigenvalue weighted by Crippen LogP contribution is -2.45. The fraction of sp³-hybridized carbons (Fsp3) is 0.500. The van der Waals surface area contributed by atoms with Crippen molar-refractivity contribution in [3.63, 3.8) is 0 Å². The van der Waals surface area contributed by atoms with Crippen LogP contribution in [0.4, 0.5) is 5.69 Å². The summed E-state index contributed by atoms with van der Waals surface area (Å²) in [6.07, 6.45) is 0.779. The maximum Gasteiger partial charge on any atom is 0.182 e. The lowest BCUT2D eigenvalue weighted by Gasteiger charge is -2.36. The number of fused-ring (bicyclic) bond motifs is 1. The minimum Gasteiger partial charge on any atom is -0.394 e. The molecule has 1 heterocycles. The highest BCUT2D eigenvalue weighted by Gasteiger charge is 2.34. The van der Waals surface area contributed by atoms with Crippen LogP contribution in [-0.4, -0.2) is 39.0 Å². The van der Waals surface area contributed by atoms with Crippen molar-refractivity contribution in [2.75, 3.05) is 24.3 Å². The molecule has 1 unspecified atom stereocenters. The maximum atomic E-state index is 12.1. The third-order valence-corrected chi connectivity index (χ3v) is 5.14. The zero-order chi connectivity index (χ0) is 12.6. The second kappa shape index (κ2) is 4.31. The fourth-order valence-corrected chi connectivity index (χ4v) is 4.19. The molecular weight excluding hydrogens is 238 g/mol. The Labute approximate surface area is 102 Å². The molecule has 0 amide bonds. The summed E-state index contributed by atoms with van der Waals surface area (Å²) in [5, 5.41) is 9.28. The molecule has 1 aliphatic heterocycles. The predicted molar refractivity (Wildman–Crippen MR) is 67.1 cm³/mol. The number of aryl methyl sites for hydroxylation is 1. The molecule has 94 valence electrons. The van der Waals surface area contributed by atoms with Gasteiger partial charge >= 0.3 is 0 Å². The number of aliphatic hydroxyl groups is 1. The average Bonchev–Trinajstić information content (AvgIpc) is 2.33. The van der Waals surface area contributed by atoms with Gasteiger partial charge in [-0.25, -0.2) is 8.42 Å². The third-order valence-electron chi connectivity index (χ3n) is 3.32. The quantitative estimate of drug-likeness (QED) is 0.850. The molecule has 1 aromatic carbocycles. The van der Waals surface area contributed by atoms with E-state index in [-0.39, 0.29) is 18.4 Å². The third kappa shape index (κ3) is 1.93. The Balaban J connectivity index is 2.68. The Morgan fingerprint density at radius 1 is 1.47 bits per heavy atom. The summed E-state index contributed by atoms with van der Waals surface area (Å²) in [6, 6.07) is 5.01. The molecule has 1 N–H and O–H groups in total. The summed E-state index contributed by atoms with van der Waals surface area (Å²) in [6.45, 7) is 1.85. The van der Waals surface area contributed by atoms with Crippen LogP contribution in [0.25, 0.3) is 0 Å². The number of likely N-dealkylation sites (N-methyl/N-ethyl adjacent to an activating group) is 1. The zero-order valence-electron chi connectivity index (χ0n) is 10.0. The van der Waals surface area contributed by atoms with E-state index in [1.807, 2.05) is 24.9 Å². The van der Waals surface area contributed by atoms with Crippen molar-refractivity contribution < 1.29 is 13.5 Å². The van der Waals surface area contributed by atoms with Crippen LogP contribution in [0.5, 0.6) is 0 Å². The Morgan fingerprint density at radius 3 is 2.76 bits per heavy atom. The average molecular weight is 255 g/mol. The first-order chi connectivity index (χ1) is 8.01. The van der Waals surface area contributed by atoms with Crippen LogP contribution in [0.2, 0.25) is 0 Å². The molecule has 0 saturated carbocycles. The molecule has 0 bridgehead atoms. The summed E-state index contributed by atoms with van der Waals surface area (Å²) in [5.41, 5.74) is 1.76. The second-order valence-electron chi connectivity index (χ2n) is 4.35. The Hall–Kier alpha value is -1.07. The Kier molecular flexibility index (Phi) is 3.14. The van der Waals surface area contributed by atoms with Gasteiger partial charge in [-0.05, 0) is 18.1 Å². The molecule has 4 nitrogen and oxygen atoms in total. The number of hydrogen-bond acceptors (Lipinski definition) is 4. The summed E-state index contributed by atoms with van der Waals surface area (Å²) in [5.74, 6) is -0.0137. The van der Waals surface area contributed by atoms with Gasteiger partial charge in [-0.3, -0.25) is 0 Å². The Morgan fingerprint density at radius 2 is 2.18 bits per heavy atom. The first kappa shape index (κ1) is 12.4. The second-order valence-corrected chi connectivity index (χ2v) is 6.35. The zero-order valence-corrected chi connectivity index (χ0v) is 10.9. The van der Waals surface area contributed by atoms with E-state index < -0.39 is 9.84 Å². The van der Waals surface area contributed by atoms with E-state index in [2.05, 4.69) is 0 Å². The van der Waals surface area contributed by atoms with Crippen molar-refractivity contribution in [2.24, 2.45) is 0 Å². The molecule has 0 spiro atoms. The summed E-state index contributed by atoms with van der Waals surface area (Å²) < 4.78 is 24.2. The number of para-hydroxylation sites is 1. The van der Waals surface area contributed by atoms with Crippen molar-refractivity contribution in [3.05, 3.63) is 23.8 Å². The predicted octanol–water partition coefficient (Wildman–Crippen LogP) is 0.833. The van der Waals surface area contributed by atoms with Crippen molar-refractivity contribution in [3.8, 4) is 0 Å². The van der Waals surface area contributed by atoms with E-state index >= 15 is 0 Å². The van der Waals surface area contributed by atoms with Crippen molar-refractivity contribution in [1.29, 1.82) is 0 Å². The van der Waals surface area contributed by atoms with Crippen LogP contribution in [0.3, 0.4) is 0 Å². The van der Waals surface area contributed by atoms with Crippen molar-refractivity contribution in [1.82, 2.24) is 0 Å². The van der Waals surface area contributed by atoms with Gasteiger partial charge in [0.1, 0.15) is 0 Å². The van der Waals surface area contributed by atoms with Crippen molar-refractivity contribution >= 4 is 15.5 Å².